The third kappa shape index (κ3) is 8.19. The average molecular weight is 439 g/mol. The summed E-state index contributed by atoms with van der Waals surface area (Å²) in [6.45, 7) is 5.53. The minimum atomic E-state index is -4.40. The Bertz CT molecular complexity index is 864. The highest BCUT2D eigenvalue weighted by atomic mass is 19.4. The van der Waals surface area contributed by atoms with E-state index >= 15 is 0 Å². The van der Waals surface area contributed by atoms with Gasteiger partial charge in [-0.25, -0.2) is 4.79 Å². The zero-order valence-corrected chi connectivity index (χ0v) is 17.4. The number of carbonyl (C=O) groups is 1. The smallest absolute Gasteiger partial charge is 0.416 e. The van der Waals surface area contributed by atoms with Crippen molar-refractivity contribution in [3.63, 3.8) is 0 Å². The summed E-state index contributed by atoms with van der Waals surface area (Å²) in [7, 11) is 0. The first-order chi connectivity index (χ1) is 14.7. The first-order valence-corrected chi connectivity index (χ1v) is 9.63. The lowest BCUT2D eigenvalue weighted by Crippen LogP contribution is -2.27. The second kappa shape index (κ2) is 11.2. The molecule has 9 heteroatoms. The Kier molecular flexibility index (Phi) is 8.72. The highest BCUT2D eigenvalue weighted by Gasteiger charge is 2.30. The van der Waals surface area contributed by atoms with Gasteiger partial charge in [-0.2, -0.15) is 13.2 Å². The summed E-state index contributed by atoms with van der Waals surface area (Å²) >= 11 is 0. The molecule has 0 heterocycles. The largest absolute Gasteiger partial charge is 0.479 e. The molecule has 0 amide bonds. The fourth-order valence-electron chi connectivity index (χ4n) is 2.20. The van der Waals surface area contributed by atoms with Crippen molar-refractivity contribution in [1.29, 1.82) is 0 Å². The lowest BCUT2D eigenvalue weighted by molar-refractivity contribution is -0.152. The Morgan fingerprint density at radius 1 is 0.968 bits per heavy atom. The average Bonchev–Trinajstić information content (AvgIpc) is 2.74. The van der Waals surface area contributed by atoms with Gasteiger partial charge in [0.15, 0.2) is 12.7 Å². The van der Waals surface area contributed by atoms with E-state index in [9.17, 15) is 18.0 Å². The number of benzene rings is 2. The maximum atomic E-state index is 12.6. The fourth-order valence-corrected chi connectivity index (χ4v) is 2.20. The minimum Gasteiger partial charge on any atom is -0.479 e. The molecule has 168 valence electrons. The van der Waals surface area contributed by atoms with E-state index in [4.69, 9.17) is 19.0 Å². The molecule has 2 aromatic rings. The summed E-state index contributed by atoms with van der Waals surface area (Å²) in [5.41, 5.74) is 0.0913. The van der Waals surface area contributed by atoms with E-state index in [1.807, 2.05) is 13.8 Å². The van der Waals surface area contributed by atoms with Gasteiger partial charge in [0.25, 0.3) is 0 Å². The van der Waals surface area contributed by atoms with Gasteiger partial charge in [0.1, 0.15) is 23.9 Å². The second-order valence-corrected chi connectivity index (χ2v) is 6.54. The van der Waals surface area contributed by atoms with Crippen molar-refractivity contribution in [3.05, 3.63) is 54.1 Å². The number of rotatable bonds is 10. The number of halogens is 3. The summed E-state index contributed by atoms with van der Waals surface area (Å²) in [6, 6.07) is 10.7. The third-order valence-electron chi connectivity index (χ3n) is 4.04. The van der Waals surface area contributed by atoms with Crippen molar-refractivity contribution >= 4 is 11.7 Å². The van der Waals surface area contributed by atoms with Gasteiger partial charge in [0, 0.05) is 0 Å². The molecule has 31 heavy (non-hydrogen) atoms. The summed E-state index contributed by atoms with van der Waals surface area (Å²) in [4.78, 5) is 17.0. The van der Waals surface area contributed by atoms with Gasteiger partial charge in [-0.15, -0.1) is 0 Å². The van der Waals surface area contributed by atoms with Crippen LogP contribution in [0.2, 0.25) is 0 Å². The topological polar surface area (TPSA) is 66.4 Å². The van der Waals surface area contributed by atoms with Crippen LogP contribution in [0, 0.1) is 0 Å². The zero-order valence-electron chi connectivity index (χ0n) is 17.4. The van der Waals surface area contributed by atoms with Crippen LogP contribution in [0.5, 0.6) is 17.2 Å². The molecule has 0 aliphatic carbocycles. The van der Waals surface area contributed by atoms with Gasteiger partial charge in [0.2, 0.25) is 0 Å². The number of nitrogens with zero attached hydrogens (tertiary/aromatic N) is 1. The third-order valence-corrected chi connectivity index (χ3v) is 4.04. The Labute approximate surface area is 178 Å². The molecular formula is C22H24F3NO5. The molecule has 0 unspecified atom stereocenters. The number of esters is 1. The SMILES string of the molecule is CCC(C)=NOCCOC(=O)[C@@H](C)Oc1ccc(Oc2ccc(C(F)(F)F)cc2)cc1. The van der Waals surface area contributed by atoms with Crippen LogP contribution < -0.4 is 9.47 Å². The van der Waals surface area contributed by atoms with E-state index in [0.29, 0.717) is 11.5 Å². The summed E-state index contributed by atoms with van der Waals surface area (Å²) in [5.74, 6) is 0.523. The van der Waals surface area contributed by atoms with Crippen LogP contribution in [0.15, 0.2) is 53.7 Å². The normalized spacial score (nSPS) is 12.8. The molecule has 0 aliphatic rings. The van der Waals surface area contributed by atoms with E-state index in [-0.39, 0.29) is 19.0 Å². The Morgan fingerprint density at radius 2 is 1.52 bits per heavy atom. The number of ether oxygens (including phenoxy) is 3. The second-order valence-electron chi connectivity index (χ2n) is 6.54. The summed E-state index contributed by atoms with van der Waals surface area (Å²) < 4.78 is 53.9. The molecule has 0 aliphatic heterocycles. The molecule has 0 fully saturated rings. The van der Waals surface area contributed by atoms with Gasteiger partial charge in [-0.3, -0.25) is 0 Å². The van der Waals surface area contributed by atoms with Crippen LogP contribution in [0.4, 0.5) is 13.2 Å². The van der Waals surface area contributed by atoms with Gasteiger partial charge in [-0.05, 0) is 68.8 Å². The van der Waals surface area contributed by atoms with Crippen LogP contribution in [0.1, 0.15) is 32.8 Å². The molecular weight excluding hydrogens is 415 g/mol. The molecule has 0 saturated carbocycles. The van der Waals surface area contributed by atoms with E-state index < -0.39 is 23.8 Å². The lowest BCUT2D eigenvalue weighted by Gasteiger charge is -2.14. The molecule has 0 radical (unpaired) electrons. The van der Waals surface area contributed by atoms with E-state index in [2.05, 4.69) is 5.16 Å². The quantitative estimate of drug-likeness (QED) is 0.208. The van der Waals surface area contributed by atoms with Gasteiger partial charge >= 0.3 is 12.1 Å². The Morgan fingerprint density at radius 3 is 2.06 bits per heavy atom. The number of carbonyl (C=O) groups excluding carboxylic acids is 1. The number of alkyl halides is 3. The standard InChI is InChI=1S/C22H24F3NO5/c1-4-15(2)26-29-14-13-28-21(27)16(3)30-18-9-11-20(12-10-18)31-19-7-5-17(6-8-19)22(23,24)25/h5-12,16H,4,13-14H2,1-3H3/t16-/m1/s1. The lowest BCUT2D eigenvalue weighted by atomic mass is 10.2. The molecule has 0 spiro atoms. The van der Waals surface area contributed by atoms with Crippen molar-refractivity contribution in [2.45, 2.75) is 39.5 Å². The monoisotopic (exact) mass is 439 g/mol. The van der Waals surface area contributed by atoms with Gasteiger partial charge in [-0.1, -0.05) is 12.1 Å². The number of hydrogen-bond acceptors (Lipinski definition) is 6. The van der Waals surface area contributed by atoms with Crippen LogP contribution in [0.3, 0.4) is 0 Å². The van der Waals surface area contributed by atoms with Crippen LogP contribution in [-0.2, 0) is 20.5 Å². The molecule has 0 aromatic heterocycles. The maximum Gasteiger partial charge on any atom is 0.416 e. The maximum absolute atomic E-state index is 12.6. The molecule has 6 nitrogen and oxygen atoms in total. The predicted octanol–water partition coefficient (Wildman–Crippen LogP) is 5.61. The molecule has 2 rings (SSSR count). The summed E-state index contributed by atoms with van der Waals surface area (Å²) in [6.07, 6.45) is -4.47. The van der Waals surface area contributed by atoms with E-state index in [0.717, 1.165) is 24.3 Å². The van der Waals surface area contributed by atoms with E-state index in [1.54, 1.807) is 31.2 Å². The fraction of sp³-hybridized carbons (Fsp3) is 0.364. The van der Waals surface area contributed by atoms with Crippen LogP contribution in [-0.4, -0.2) is 31.0 Å². The zero-order chi connectivity index (χ0) is 22.9. The highest BCUT2D eigenvalue weighted by Crippen LogP contribution is 2.31. The van der Waals surface area contributed by atoms with Gasteiger partial charge in [0.05, 0.1) is 11.3 Å². The van der Waals surface area contributed by atoms with E-state index in [1.165, 1.54) is 12.1 Å². The van der Waals surface area contributed by atoms with Crippen molar-refractivity contribution < 1.29 is 37.0 Å². The molecule has 0 N–H and O–H groups in total. The van der Waals surface area contributed by atoms with Crippen molar-refractivity contribution in [1.82, 2.24) is 0 Å². The first-order valence-electron chi connectivity index (χ1n) is 9.63. The van der Waals surface area contributed by atoms with Crippen molar-refractivity contribution in [3.8, 4) is 17.2 Å². The highest BCUT2D eigenvalue weighted by molar-refractivity contribution is 5.80. The summed E-state index contributed by atoms with van der Waals surface area (Å²) in [5, 5.41) is 3.84. The molecule has 2 aromatic carbocycles. The predicted molar refractivity (Wildman–Crippen MR) is 108 cm³/mol. The van der Waals surface area contributed by atoms with Crippen LogP contribution >= 0.6 is 0 Å². The first kappa shape index (κ1) is 24.0. The molecule has 1 atom stereocenters. The minimum absolute atomic E-state index is 0.0485. The Balaban J connectivity index is 1.80. The van der Waals surface area contributed by atoms with Crippen molar-refractivity contribution in [2.75, 3.05) is 13.2 Å². The van der Waals surface area contributed by atoms with Crippen LogP contribution in [0.25, 0.3) is 0 Å². The van der Waals surface area contributed by atoms with Crippen molar-refractivity contribution in [2.24, 2.45) is 5.16 Å². The number of oxime groups is 1. The molecule has 0 saturated heterocycles. The van der Waals surface area contributed by atoms with Gasteiger partial charge < -0.3 is 19.0 Å². The molecule has 0 bridgehead atoms. The Hall–Kier alpha value is -3.23. The number of hydrogen-bond donors (Lipinski definition) is 0.